The summed E-state index contributed by atoms with van der Waals surface area (Å²) in [7, 11) is 0. The second-order valence-electron chi connectivity index (χ2n) is 11.1. The van der Waals surface area contributed by atoms with Crippen molar-refractivity contribution in [3.05, 3.63) is 77.8 Å². The molecule has 1 aliphatic carbocycles. The molecule has 41 heavy (non-hydrogen) atoms. The summed E-state index contributed by atoms with van der Waals surface area (Å²) in [5.74, 6) is -1.54. The first-order valence-electron chi connectivity index (χ1n) is 14.4. The lowest BCUT2D eigenvalue weighted by atomic mass is 9.77. The minimum Gasteiger partial charge on any atom is -0.441 e. The lowest BCUT2D eigenvalue weighted by Gasteiger charge is -2.44. The van der Waals surface area contributed by atoms with Crippen molar-refractivity contribution in [2.24, 2.45) is 5.73 Å². The molecule has 10 heteroatoms. The van der Waals surface area contributed by atoms with Gasteiger partial charge in [0.25, 0.3) is 5.91 Å². The van der Waals surface area contributed by atoms with Crippen LogP contribution in [0.5, 0.6) is 0 Å². The Kier molecular flexibility index (Phi) is 8.68. The van der Waals surface area contributed by atoms with Crippen molar-refractivity contribution in [3.63, 3.8) is 0 Å². The molecule has 1 saturated carbocycles. The van der Waals surface area contributed by atoms with Crippen molar-refractivity contribution < 1.29 is 23.1 Å². The van der Waals surface area contributed by atoms with Crippen LogP contribution in [-0.4, -0.2) is 57.7 Å². The minimum absolute atomic E-state index is 0.248. The largest absolute Gasteiger partial charge is 0.441 e. The molecular weight excluding hydrogens is 528 g/mol. The number of ether oxygens (including phenoxy) is 1. The summed E-state index contributed by atoms with van der Waals surface area (Å²) >= 11 is 0. The van der Waals surface area contributed by atoms with E-state index in [1.165, 1.54) is 12.1 Å². The number of halogens is 2. The van der Waals surface area contributed by atoms with E-state index in [-0.39, 0.29) is 18.0 Å². The number of nitrogens with two attached hydrogens (primary N) is 1. The molecule has 2 amide bonds. The molecule has 3 aromatic rings. The number of hydrogen-bond acceptors (Lipinski definition) is 5. The first-order valence-corrected chi connectivity index (χ1v) is 14.4. The van der Waals surface area contributed by atoms with Gasteiger partial charge in [0.15, 0.2) is 5.69 Å². The third kappa shape index (κ3) is 6.12. The van der Waals surface area contributed by atoms with E-state index in [0.717, 1.165) is 37.3 Å². The highest BCUT2D eigenvalue weighted by atomic mass is 19.1. The van der Waals surface area contributed by atoms with Gasteiger partial charge in [-0.3, -0.25) is 4.79 Å². The van der Waals surface area contributed by atoms with Gasteiger partial charge in [-0.05, 0) is 49.8 Å². The second kappa shape index (κ2) is 12.4. The van der Waals surface area contributed by atoms with Crippen LogP contribution in [-0.2, 0) is 11.2 Å². The molecule has 1 aliphatic heterocycles. The molecule has 8 nitrogen and oxygen atoms in total. The van der Waals surface area contributed by atoms with E-state index in [9.17, 15) is 18.4 Å². The zero-order valence-corrected chi connectivity index (χ0v) is 23.3. The van der Waals surface area contributed by atoms with Crippen LogP contribution in [0.25, 0.3) is 11.3 Å². The first kappa shape index (κ1) is 28.7. The van der Waals surface area contributed by atoms with Crippen LogP contribution in [0.15, 0.2) is 54.9 Å². The summed E-state index contributed by atoms with van der Waals surface area (Å²) in [6.45, 7) is 3.56. The Hall–Kier alpha value is -3.79. The molecule has 2 heterocycles. The Labute approximate surface area is 238 Å². The van der Waals surface area contributed by atoms with Gasteiger partial charge in [-0.2, -0.15) is 0 Å². The Morgan fingerprint density at radius 3 is 2.61 bits per heavy atom. The fourth-order valence-electron chi connectivity index (χ4n) is 6.65. The number of carbonyl (C=O) groups excluding carboxylic acids is 2. The van der Waals surface area contributed by atoms with Crippen molar-refractivity contribution in [3.8, 4) is 11.3 Å². The standard InChI is InChI=1S/C31H37F2N5O3/c1-2-11-31(41-30(34)40)12-7-6-10-26(31)38-20-36-27(28(38)22-8-4-3-5-9-22)29(39)37-14-13-35-19-25(37)17-21-15-23(32)18-24(33)16-21/h3-5,8-9,15-16,18,20,25-26,35H,2,6-7,10-14,17,19H2,1H3,(H2,34,40)/t25?,26-,31-/m0/s1. The SMILES string of the molecule is CCC[C@]1(OC(N)=O)CCCC[C@@H]1n1cnc(C(=O)N2CCNCC2Cc2cc(F)cc(F)c2)c1-c1ccccc1. The van der Waals surface area contributed by atoms with Crippen molar-refractivity contribution >= 4 is 12.0 Å². The number of benzene rings is 2. The average molecular weight is 566 g/mol. The number of nitrogens with one attached hydrogen (secondary N) is 1. The number of hydrogen-bond donors (Lipinski definition) is 2. The maximum Gasteiger partial charge on any atom is 0.405 e. The Balaban J connectivity index is 1.55. The maximum atomic E-state index is 14.3. The fourth-order valence-corrected chi connectivity index (χ4v) is 6.65. The summed E-state index contributed by atoms with van der Waals surface area (Å²) in [6.07, 6.45) is 5.89. The molecule has 1 aromatic heterocycles. The highest BCUT2D eigenvalue weighted by Gasteiger charge is 2.46. The van der Waals surface area contributed by atoms with Crippen LogP contribution >= 0.6 is 0 Å². The third-order valence-electron chi connectivity index (χ3n) is 8.30. The molecule has 5 rings (SSSR count). The van der Waals surface area contributed by atoms with Crippen molar-refractivity contribution in [2.75, 3.05) is 19.6 Å². The van der Waals surface area contributed by atoms with Crippen LogP contribution in [0, 0.1) is 11.6 Å². The molecule has 3 N–H and O–H groups in total. The number of nitrogens with zero attached hydrogens (tertiary/aromatic N) is 3. The number of aromatic nitrogens is 2. The smallest absolute Gasteiger partial charge is 0.405 e. The molecule has 0 spiro atoms. The highest BCUT2D eigenvalue weighted by Crippen LogP contribution is 2.45. The molecule has 1 saturated heterocycles. The molecule has 0 bridgehead atoms. The van der Waals surface area contributed by atoms with Crippen LogP contribution in [0.3, 0.4) is 0 Å². The van der Waals surface area contributed by atoms with Gasteiger partial charge >= 0.3 is 6.09 Å². The van der Waals surface area contributed by atoms with Crippen LogP contribution < -0.4 is 11.1 Å². The average Bonchev–Trinajstić information content (AvgIpc) is 3.38. The molecule has 2 aromatic carbocycles. The summed E-state index contributed by atoms with van der Waals surface area (Å²) in [6, 6.07) is 12.5. The number of piperazine rings is 1. The van der Waals surface area contributed by atoms with Crippen LogP contribution in [0.2, 0.25) is 0 Å². The topological polar surface area (TPSA) is 102 Å². The van der Waals surface area contributed by atoms with Gasteiger partial charge < -0.3 is 25.3 Å². The van der Waals surface area contributed by atoms with E-state index in [2.05, 4.69) is 10.3 Å². The fraction of sp³-hybridized carbons (Fsp3) is 0.452. The third-order valence-corrected chi connectivity index (χ3v) is 8.30. The predicted octanol–water partition coefficient (Wildman–Crippen LogP) is 5.23. The molecular formula is C31H37F2N5O3. The predicted molar refractivity (Wildman–Crippen MR) is 151 cm³/mol. The highest BCUT2D eigenvalue weighted by molar-refractivity contribution is 5.98. The summed E-state index contributed by atoms with van der Waals surface area (Å²) in [5.41, 5.74) is 7.03. The Morgan fingerprint density at radius 2 is 1.90 bits per heavy atom. The Morgan fingerprint density at radius 1 is 1.15 bits per heavy atom. The quantitative estimate of drug-likeness (QED) is 0.389. The molecule has 0 radical (unpaired) electrons. The zero-order chi connectivity index (χ0) is 29.0. The minimum atomic E-state index is -0.805. The monoisotopic (exact) mass is 565 g/mol. The van der Waals surface area contributed by atoms with E-state index < -0.39 is 23.3 Å². The van der Waals surface area contributed by atoms with Crippen LogP contribution in [0.4, 0.5) is 13.6 Å². The van der Waals surface area contributed by atoms with Gasteiger partial charge in [0.2, 0.25) is 0 Å². The summed E-state index contributed by atoms with van der Waals surface area (Å²) in [4.78, 5) is 32.8. The molecule has 3 atom stereocenters. The maximum absolute atomic E-state index is 14.3. The van der Waals surface area contributed by atoms with Gasteiger partial charge in [0.1, 0.15) is 17.2 Å². The van der Waals surface area contributed by atoms with Crippen molar-refractivity contribution in [2.45, 2.75) is 69.6 Å². The van der Waals surface area contributed by atoms with Crippen molar-refractivity contribution in [1.82, 2.24) is 19.8 Å². The molecule has 2 aliphatic rings. The van der Waals surface area contributed by atoms with Crippen molar-refractivity contribution in [1.29, 1.82) is 0 Å². The van der Waals surface area contributed by atoms with E-state index in [4.69, 9.17) is 10.5 Å². The second-order valence-corrected chi connectivity index (χ2v) is 11.1. The summed E-state index contributed by atoms with van der Waals surface area (Å²) < 4.78 is 35.8. The van der Waals surface area contributed by atoms with Gasteiger partial charge in [-0.1, -0.05) is 50.1 Å². The van der Waals surface area contributed by atoms with Gasteiger partial charge in [-0.15, -0.1) is 0 Å². The first-order chi connectivity index (χ1) is 19.8. The number of primary amides is 1. The van der Waals surface area contributed by atoms with Gasteiger partial charge in [0.05, 0.1) is 18.1 Å². The molecule has 2 fully saturated rings. The number of imidazole rings is 1. The van der Waals surface area contributed by atoms with E-state index >= 15 is 0 Å². The lowest BCUT2D eigenvalue weighted by molar-refractivity contribution is -0.0563. The number of carbonyl (C=O) groups is 2. The molecule has 218 valence electrons. The van der Waals surface area contributed by atoms with E-state index in [1.807, 2.05) is 41.8 Å². The van der Waals surface area contributed by atoms with Gasteiger partial charge in [0, 0.05) is 37.3 Å². The Bertz CT molecular complexity index is 1360. The zero-order valence-electron chi connectivity index (χ0n) is 23.3. The summed E-state index contributed by atoms with van der Waals surface area (Å²) in [5, 5.41) is 3.30. The van der Waals surface area contributed by atoms with E-state index in [1.54, 1.807) is 11.2 Å². The normalized spacial score (nSPS) is 22.9. The van der Waals surface area contributed by atoms with Gasteiger partial charge in [-0.25, -0.2) is 18.6 Å². The number of rotatable bonds is 8. The lowest BCUT2D eigenvalue weighted by Crippen LogP contribution is -2.54. The van der Waals surface area contributed by atoms with E-state index in [0.29, 0.717) is 55.8 Å². The number of amides is 2. The molecule has 1 unspecified atom stereocenters. The van der Waals surface area contributed by atoms with Crippen LogP contribution in [0.1, 0.15) is 67.5 Å².